The van der Waals surface area contributed by atoms with Crippen LogP contribution < -0.4 is 9.64 Å². The molecular weight excluding hydrogens is 348 g/mol. The Kier molecular flexibility index (Phi) is 5.65. The van der Waals surface area contributed by atoms with Crippen LogP contribution in [0, 0.1) is 5.92 Å². The maximum Gasteiger partial charge on any atom is 0.335 e. The average Bonchev–Trinajstić information content (AvgIpc) is 2.86. The van der Waals surface area contributed by atoms with Gasteiger partial charge in [-0.25, -0.2) is 9.69 Å². The van der Waals surface area contributed by atoms with E-state index in [1.54, 1.807) is 7.11 Å². The van der Waals surface area contributed by atoms with Crippen molar-refractivity contribution in [2.24, 2.45) is 5.92 Å². The molecule has 8 heteroatoms. The van der Waals surface area contributed by atoms with Gasteiger partial charge < -0.3 is 9.64 Å². The molecule has 0 bridgehead atoms. The molecule has 0 saturated carbocycles. The van der Waals surface area contributed by atoms with Crippen LogP contribution in [0.5, 0.6) is 5.75 Å². The van der Waals surface area contributed by atoms with Crippen molar-refractivity contribution in [2.75, 3.05) is 51.4 Å². The van der Waals surface area contributed by atoms with Gasteiger partial charge in [-0.05, 0) is 30.2 Å². The molecule has 1 aromatic carbocycles. The van der Waals surface area contributed by atoms with Gasteiger partial charge in [0.05, 0.1) is 13.8 Å². The SMILES string of the molecule is COc1ccc(N2CCN(CN3C(=O)C(=O)N(CC(C)C)C3=O)CC2)cc1. The first-order valence-corrected chi connectivity index (χ1v) is 9.19. The summed E-state index contributed by atoms with van der Waals surface area (Å²) >= 11 is 0. The summed E-state index contributed by atoms with van der Waals surface area (Å²) in [4.78, 5) is 43.1. The van der Waals surface area contributed by atoms with Gasteiger partial charge in [-0.3, -0.25) is 19.4 Å². The summed E-state index contributed by atoms with van der Waals surface area (Å²) in [5.41, 5.74) is 1.11. The van der Waals surface area contributed by atoms with E-state index in [1.807, 2.05) is 43.0 Å². The second-order valence-corrected chi connectivity index (χ2v) is 7.27. The molecule has 0 radical (unpaired) electrons. The lowest BCUT2D eigenvalue weighted by molar-refractivity contribution is -0.144. The predicted molar refractivity (Wildman–Crippen MR) is 100 cm³/mol. The van der Waals surface area contributed by atoms with Crippen LogP contribution in [0.1, 0.15) is 13.8 Å². The van der Waals surface area contributed by atoms with Crippen molar-refractivity contribution < 1.29 is 19.1 Å². The number of anilines is 1. The van der Waals surface area contributed by atoms with E-state index in [4.69, 9.17) is 4.74 Å². The molecule has 0 atom stereocenters. The minimum absolute atomic E-state index is 0.124. The summed E-state index contributed by atoms with van der Waals surface area (Å²) in [7, 11) is 1.64. The Bertz CT molecular complexity index is 711. The largest absolute Gasteiger partial charge is 0.497 e. The van der Waals surface area contributed by atoms with Crippen LogP contribution in [0.25, 0.3) is 0 Å². The lowest BCUT2D eigenvalue weighted by atomic mass is 10.2. The number of piperazine rings is 1. The third kappa shape index (κ3) is 4.05. The van der Waals surface area contributed by atoms with Gasteiger partial charge in [-0.2, -0.15) is 0 Å². The number of benzene rings is 1. The van der Waals surface area contributed by atoms with Gasteiger partial charge in [0.25, 0.3) is 0 Å². The molecule has 2 aliphatic rings. The molecule has 2 fully saturated rings. The summed E-state index contributed by atoms with van der Waals surface area (Å²) in [6.45, 7) is 7.24. The lowest BCUT2D eigenvalue weighted by Crippen LogP contribution is -2.51. The second kappa shape index (κ2) is 7.96. The second-order valence-electron chi connectivity index (χ2n) is 7.27. The lowest BCUT2D eigenvalue weighted by Gasteiger charge is -2.37. The predicted octanol–water partition coefficient (Wildman–Crippen LogP) is 1.22. The van der Waals surface area contributed by atoms with Crippen LogP contribution in [0.15, 0.2) is 24.3 Å². The number of urea groups is 1. The normalized spacial score (nSPS) is 18.8. The first kappa shape index (κ1) is 19.2. The van der Waals surface area contributed by atoms with Crippen LogP contribution in [0.3, 0.4) is 0 Å². The van der Waals surface area contributed by atoms with Crippen LogP contribution in [-0.4, -0.2) is 79.0 Å². The highest BCUT2D eigenvalue weighted by molar-refractivity contribution is 6.44. The van der Waals surface area contributed by atoms with Crippen LogP contribution in [0.2, 0.25) is 0 Å². The molecule has 0 aliphatic carbocycles. The standard InChI is InChI=1S/C19H26N4O4/c1-14(2)12-22-17(24)18(25)23(19(22)26)13-20-8-10-21(11-9-20)15-4-6-16(27-3)7-5-15/h4-7,14H,8-13H2,1-3H3. The summed E-state index contributed by atoms with van der Waals surface area (Å²) in [5, 5.41) is 0. The van der Waals surface area contributed by atoms with E-state index < -0.39 is 17.8 Å². The fourth-order valence-electron chi connectivity index (χ4n) is 3.34. The maximum atomic E-state index is 12.4. The number of nitrogens with zero attached hydrogens (tertiary/aromatic N) is 4. The average molecular weight is 374 g/mol. The number of carbonyl (C=O) groups is 3. The molecule has 0 N–H and O–H groups in total. The first-order chi connectivity index (χ1) is 12.9. The zero-order chi connectivity index (χ0) is 19.6. The van der Waals surface area contributed by atoms with Crippen molar-refractivity contribution >= 4 is 23.5 Å². The topological polar surface area (TPSA) is 73.4 Å². The molecule has 1 aromatic rings. The molecular formula is C19H26N4O4. The molecule has 8 nitrogen and oxygen atoms in total. The number of methoxy groups -OCH3 is 1. The molecule has 27 heavy (non-hydrogen) atoms. The van der Waals surface area contributed by atoms with E-state index in [2.05, 4.69) is 4.90 Å². The monoisotopic (exact) mass is 374 g/mol. The Balaban J connectivity index is 1.56. The Hall–Kier alpha value is -2.61. The molecule has 0 unspecified atom stereocenters. The van der Waals surface area contributed by atoms with Crippen molar-refractivity contribution in [1.29, 1.82) is 0 Å². The van der Waals surface area contributed by atoms with E-state index in [0.717, 1.165) is 34.3 Å². The number of amides is 4. The fraction of sp³-hybridized carbons (Fsp3) is 0.526. The van der Waals surface area contributed by atoms with E-state index in [-0.39, 0.29) is 19.1 Å². The minimum atomic E-state index is -0.724. The van der Waals surface area contributed by atoms with Gasteiger partial charge in [0, 0.05) is 38.4 Å². The number of carbonyl (C=O) groups excluding carboxylic acids is 3. The van der Waals surface area contributed by atoms with Crippen LogP contribution in [-0.2, 0) is 9.59 Å². The summed E-state index contributed by atoms with van der Waals surface area (Å²) in [6, 6.07) is 7.39. The van der Waals surface area contributed by atoms with Crippen molar-refractivity contribution in [3.8, 4) is 5.75 Å². The Labute approximate surface area is 159 Å². The zero-order valence-electron chi connectivity index (χ0n) is 16.1. The number of rotatable bonds is 6. The molecule has 2 aliphatic heterocycles. The van der Waals surface area contributed by atoms with Gasteiger partial charge in [0.15, 0.2) is 0 Å². The van der Waals surface area contributed by atoms with Gasteiger partial charge in [-0.15, -0.1) is 0 Å². The highest BCUT2D eigenvalue weighted by Gasteiger charge is 2.45. The molecule has 0 aromatic heterocycles. The van der Waals surface area contributed by atoms with Gasteiger partial charge >= 0.3 is 17.8 Å². The minimum Gasteiger partial charge on any atom is -0.497 e. The molecule has 2 heterocycles. The molecule has 146 valence electrons. The van der Waals surface area contributed by atoms with Crippen molar-refractivity contribution in [1.82, 2.24) is 14.7 Å². The number of hydrogen-bond donors (Lipinski definition) is 0. The van der Waals surface area contributed by atoms with E-state index in [0.29, 0.717) is 13.1 Å². The molecule has 0 spiro atoms. The Morgan fingerprint density at radius 3 is 2.07 bits per heavy atom. The highest BCUT2D eigenvalue weighted by Crippen LogP contribution is 2.21. The molecule has 2 saturated heterocycles. The van der Waals surface area contributed by atoms with E-state index >= 15 is 0 Å². The van der Waals surface area contributed by atoms with Crippen LogP contribution >= 0.6 is 0 Å². The number of imide groups is 2. The fourth-order valence-corrected chi connectivity index (χ4v) is 3.34. The number of ether oxygens (including phenoxy) is 1. The Morgan fingerprint density at radius 1 is 0.926 bits per heavy atom. The summed E-state index contributed by atoms with van der Waals surface area (Å²) < 4.78 is 5.18. The third-order valence-electron chi connectivity index (χ3n) is 4.83. The van der Waals surface area contributed by atoms with Gasteiger partial charge in [-0.1, -0.05) is 13.8 Å². The molecule has 3 rings (SSSR count). The summed E-state index contributed by atoms with van der Waals surface area (Å²) in [5.74, 6) is -0.499. The maximum absolute atomic E-state index is 12.4. The Morgan fingerprint density at radius 2 is 1.52 bits per heavy atom. The summed E-state index contributed by atoms with van der Waals surface area (Å²) in [6.07, 6.45) is 0. The molecule has 4 amide bonds. The van der Waals surface area contributed by atoms with E-state index in [1.165, 1.54) is 0 Å². The third-order valence-corrected chi connectivity index (χ3v) is 4.83. The highest BCUT2D eigenvalue weighted by atomic mass is 16.5. The zero-order valence-corrected chi connectivity index (χ0v) is 16.1. The van der Waals surface area contributed by atoms with Crippen molar-refractivity contribution in [2.45, 2.75) is 13.8 Å². The van der Waals surface area contributed by atoms with Gasteiger partial charge in [0.2, 0.25) is 0 Å². The van der Waals surface area contributed by atoms with Gasteiger partial charge in [0.1, 0.15) is 5.75 Å². The van der Waals surface area contributed by atoms with E-state index in [9.17, 15) is 14.4 Å². The smallest absolute Gasteiger partial charge is 0.335 e. The first-order valence-electron chi connectivity index (χ1n) is 9.19. The number of hydrogen-bond acceptors (Lipinski definition) is 6. The van der Waals surface area contributed by atoms with Crippen molar-refractivity contribution in [3.05, 3.63) is 24.3 Å². The van der Waals surface area contributed by atoms with Crippen LogP contribution in [0.4, 0.5) is 10.5 Å². The quantitative estimate of drug-likeness (QED) is 0.551. The van der Waals surface area contributed by atoms with Crippen molar-refractivity contribution in [3.63, 3.8) is 0 Å².